The first-order chi connectivity index (χ1) is 11.7. The Kier molecular flexibility index (Phi) is 4.57. The lowest BCUT2D eigenvalue weighted by Crippen LogP contribution is -2.46. The number of fused-ring (bicyclic) bond motifs is 1. The molecule has 3 aliphatic heterocycles. The van der Waals surface area contributed by atoms with Gasteiger partial charge in [0.05, 0.1) is 0 Å². The number of nitrogens with zero attached hydrogens (tertiary/aromatic N) is 2. The predicted octanol–water partition coefficient (Wildman–Crippen LogP) is 1.32. The highest BCUT2D eigenvalue weighted by Crippen LogP contribution is 2.30. The minimum atomic E-state index is 0.223. The van der Waals surface area contributed by atoms with Crippen LogP contribution in [-0.4, -0.2) is 54.0 Å². The summed E-state index contributed by atoms with van der Waals surface area (Å²) in [6, 6.07) is 6.95. The fourth-order valence-electron chi connectivity index (χ4n) is 4.31. The summed E-state index contributed by atoms with van der Waals surface area (Å²) in [5.41, 5.74) is 9.51. The smallest absolute Gasteiger partial charge is 0.254 e. The second-order valence-electron chi connectivity index (χ2n) is 7.49. The van der Waals surface area contributed by atoms with E-state index in [1.165, 1.54) is 11.1 Å². The Balaban J connectivity index is 1.50. The average Bonchev–Trinajstić information content (AvgIpc) is 2.96. The van der Waals surface area contributed by atoms with E-state index in [2.05, 4.69) is 21.2 Å². The SMILES string of the molecule is NC1CCN(Cc2cccc3c2CN(C2CCCNC2)C3=O)CC1. The van der Waals surface area contributed by atoms with E-state index in [0.29, 0.717) is 12.1 Å². The van der Waals surface area contributed by atoms with Crippen molar-refractivity contribution in [1.82, 2.24) is 15.1 Å². The van der Waals surface area contributed by atoms with Gasteiger partial charge < -0.3 is 16.0 Å². The molecule has 0 spiro atoms. The maximum Gasteiger partial charge on any atom is 0.254 e. The first-order valence-electron chi connectivity index (χ1n) is 9.33. The van der Waals surface area contributed by atoms with E-state index >= 15 is 0 Å². The maximum atomic E-state index is 12.9. The number of nitrogens with one attached hydrogen (secondary N) is 1. The molecule has 0 aliphatic carbocycles. The number of hydrogen-bond acceptors (Lipinski definition) is 4. The zero-order chi connectivity index (χ0) is 16.5. The zero-order valence-electron chi connectivity index (χ0n) is 14.3. The van der Waals surface area contributed by atoms with E-state index in [0.717, 1.165) is 70.5 Å². The normalized spacial score (nSPS) is 26.0. The van der Waals surface area contributed by atoms with Crippen molar-refractivity contribution >= 4 is 5.91 Å². The number of nitrogens with two attached hydrogens (primary N) is 1. The Morgan fingerprint density at radius 1 is 1.21 bits per heavy atom. The Hall–Kier alpha value is -1.43. The third-order valence-corrected chi connectivity index (χ3v) is 5.83. The summed E-state index contributed by atoms with van der Waals surface area (Å²) in [6.45, 7) is 5.86. The monoisotopic (exact) mass is 328 g/mol. The van der Waals surface area contributed by atoms with E-state index in [1.54, 1.807) is 0 Å². The molecule has 1 atom stereocenters. The number of carbonyl (C=O) groups excluding carboxylic acids is 1. The van der Waals surface area contributed by atoms with Gasteiger partial charge in [-0.3, -0.25) is 9.69 Å². The molecule has 1 amide bonds. The summed E-state index contributed by atoms with van der Waals surface area (Å²) in [6.07, 6.45) is 4.43. The van der Waals surface area contributed by atoms with Crippen LogP contribution in [0.3, 0.4) is 0 Å². The molecule has 4 rings (SSSR count). The molecule has 3 heterocycles. The van der Waals surface area contributed by atoms with Gasteiger partial charge >= 0.3 is 0 Å². The molecule has 0 aromatic heterocycles. The van der Waals surface area contributed by atoms with Gasteiger partial charge in [-0.2, -0.15) is 0 Å². The molecule has 24 heavy (non-hydrogen) atoms. The minimum absolute atomic E-state index is 0.223. The molecule has 1 aromatic carbocycles. The first-order valence-corrected chi connectivity index (χ1v) is 9.33. The number of carbonyl (C=O) groups is 1. The van der Waals surface area contributed by atoms with Crippen LogP contribution in [0.1, 0.15) is 47.2 Å². The second-order valence-corrected chi connectivity index (χ2v) is 7.49. The van der Waals surface area contributed by atoms with Crippen LogP contribution in [0.5, 0.6) is 0 Å². The van der Waals surface area contributed by atoms with Gasteiger partial charge in [0, 0.05) is 37.3 Å². The van der Waals surface area contributed by atoms with E-state index < -0.39 is 0 Å². The van der Waals surface area contributed by atoms with Gasteiger partial charge in [0.1, 0.15) is 0 Å². The standard InChI is InChI=1S/C19H28N4O/c20-15-6-9-22(10-7-15)12-14-3-1-5-17-18(14)13-23(19(17)24)16-4-2-8-21-11-16/h1,3,5,15-16,21H,2,4,6-13,20H2. The molecule has 1 unspecified atom stereocenters. The summed E-state index contributed by atoms with van der Waals surface area (Å²) in [5.74, 6) is 0.223. The fraction of sp³-hybridized carbons (Fsp3) is 0.632. The van der Waals surface area contributed by atoms with Crippen LogP contribution in [-0.2, 0) is 13.1 Å². The molecule has 5 nitrogen and oxygen atoms in total. The van der Waals surface area contributed by atoms with Crippen LogP contribution in [0.25, 0.3) is 0 Å². The molecule has 0 radical (unpaired) electrons. The van der Waals surface area contributed by atoms with Gasteiger partial charge in [0.15, 0.2) is 0 Å². The molecule has 2 fully saturated rings. The molecule has 5 heteroatoms. The summed E-state index contributed by atoms with van der Waals surface area (Å²) in [5, 5.41) is 3.43. The number of rotatable bonds is 3. The molecule has 3 aliphatic rings. The van der Waals surface area contributed by atoms with Crippen LogP contribution in [0.2, 0.25) is 0 Å². The van der Waals surface area contributed by atoms with Crippen molar-refractivity contribution in [3.8, 4) is 0 Å². The van der Waals surface area contributed by atoms with E-state index in [-0.39, 0.29) is 5.91 Å². The lowest BCUT2D eigenvalue weighted by Gasteiger charge is -2.32. The van der Waals surface area contributed by atoms with Crippen molar-refractivity contribution in [3.63, 3.8) is 0 Å². The van der Waals surface area contributed by atoms with E-state index in [9.17, 15) is 4.79 Å². The van der Waals surface area contributed by atoms with Crippen LogP contribution < -0.4 is 11.1 Å². The molecular formula is C19H28N4O. The van der Waals surface area contributed by atoms with Gasteiger partial charge in [-0.25, -0.2) is 0 Å². The average molecular weight is 328 g/mol. The van der Waals surface area contributed by atoms with Crippen LogP contribution in [0.4, 0.5) is 0 Å². The number of hydrogen-bond donors (Lipinski definition) is 2. The van der Waals surface area contributed by atoms with Crippen molar-refractivity contribution in [3.05, 3.63) is 34.9 Å². The Bertz CT molecular complexity index is 603. The molecular weight excluding hydrogens is 300 g/mol. The Labute approximate surface area is 144 Å². The van der Waals surface area contributed by atoms with Crippen LogP contribution >= 0.6 is 0 Å². The number of amides is 1. The van der Waals surface area contributed by atoms with Crippen molar-refractivity contribution in [1.29, 1.82) is 0 Å². The lowest BCUT2D eigenvalue weighted by atomic mass is 10.0. The largest absolute Gasteiger partial charge is 0.330 e. The summed E-state index contributed by atoms with van der Waals surface area (Å²) >= 11 is 0. The van der Waals surface area contributed by atoms with Crippen molar-refractivity contribution < 1.29 is 4.79 Å². The number of piperidine rings is 2. The van der Waals surface area contributed by atoms with Gasteiger partial charge in [-0.1, -0.05) is 12.1 Å². The van der Waals surface area contributed by atoms with Gasteiger partial charge in [0.25, 0.3) is 5.91 Å². The van der Waals surface area contributed by atoms with E-state index in [1.807, 2.05) is 12.1 Å². The fourth-order valence-corrected chi connectivity index (χ4v) is 4.31. The molecule has 130 valence electrons. The van der Waals surface area contributed by atoms with Crippen LogP contribution in [0, 0.1) is 0 Å². The summed E-state index contributed by atoms with van der Waals surface area (Å²) in [4.78, 5) is 17.4. The lowest BCUT2D eigenvalue weighted by molar-refractivity contribution is 0.0674. The van der Waals surface area contributed by atoms with E-state index in [4.69, 9.17) is 5.73 Å². The maximum absolute atomic E-state index is 12.9. The summed E-state index contributed by atoms with van der Waals surface area (Å²) < 4.78 is 0. The minimum Gasteiger partial charge on any atom is -0.330 e. The number of benzene rings is 1. The highest BCUT2D eigenvalue weighted by molar-refractivity contribution is 5.99. The number of likely N-dealkylation sites (tertiary alicyclic amines) is 1. The Morgan fingerprint density at radius 2 is 2.04 bits per heavy atom. The zero-order valence-corrected chi connectivity index (χ0v) is 14.3. The quantitative estimate of drug-likeness (QED) is 0.878. The molecule has 1 aromatic rings. The predicted molar refractivity (Wildman–Crippen MR) is 94.7 cm³/mol. The topological polar surface area (TPSA) is 61.6 Å². The van der Waals surface area contributed by atoms with Crippen LogP contribution in [0.15, 0.2) is 18.2 Å². The Morgan fingerprint density at radius 3 is 2.79 bits per heavy atom. The third kappa shape index (κ3) is 3.08. The highest BCUT2D eigenvalue weighted by Gasteiger charge is 2.34. The molecule has 2 saturated heterocycles. The van der Waals surface area contributed by atoms with Crippen molar-refractivity contribution in [2.45, 2.75) is 50.9 Å². The third-order valence-electron chi connectivity index (χ3n) is 5.83. The molecule has 0 saturated carbocycles. The molecule has 3 N–H and O–H groups in total. The second kappa shape index (κ2) is 6.82. The van der Waals surface area contributed by atoms with Crippen molar-refractivity contribution in [2.24, 2.45) is 5.73 Å². The highest BCUT2D eigenvalue weighted by atomic mass is 16.2. The summed E-state index contributed by atoms with van der Waals surface area (Å²) in [7, 11) is 0. The van der Waals surface area contributed by atoms with Gasteiger partial charge in [-0.15, -0.1) is 0 Å². The first kappa shape index (κ1) is 16.1. The van der Waals surface area contributed by atoms with Crippen molar-refractivity contribution in [2.75, 3.05) is 26.2 Å². The molecule has 0 bridgehead atoms. The van der Waals surface area contributed by atoms with Gasteiger partial charge in [0.2, 0.25) is 0 Å². The van der Waals surface area contributed by atoms with Gasteiger partial charge in [-0.05, 0) is 62.5 Å².